The quantitative estimate of drug-likeness (QED) is 0.716. The SMILES string of the molecule is CCCC[C@H](NS(=O)(=O)C1CCOCC1)C(=O)O. The van der Waals surface area contributed by atoms with Gasteiger partial charge in [-0.05, 0) is 19.3 Å². The molecule has 0 radical (unpaired) electrons. The Morgan fingerprint density at radius 1 is 1.44 bits per heavy atom. The van der Waals surface area contributed by atoms with E-state index < -0.39 is 27.3 Å². The lowest BCUT2D eigenvalue weighted by atomic mass is 10.1. The van der Waals surface area contributed by atoms with Crippen LogP contribution in [0.25, 0.3) is 0 Å². The van der Waals surface area contributed by atoms with E-state index in [0.717, 1.165) is 6.42 Å². The first-order valence-corrected chi connectivity index (χ1v) is 7.83. The van der Waals surface area contributed by atoms with E-state index in [9.17, 15) is 13.2 Å². The van der Waals surface area contributed by atoms with Crippen molar-refractivity contribution in [2.24, 2.45) is 0 Å². The van der Waals surface area contributed by atoms with Gasteiger partial charge < -0.3 is 9.84 Å². The molecule has 0 saturated carbocycles. The average molecular weight is 279 g/mol. The van der Waals surface area contributed by atoms with Gasteiger partial charge in [0, 0.05) is 13.2 Å². The minimum absolute atomic E-state index is 0.328. The molecule has 1 atom stereocenters. The van der Waals surface area contributed by atoms with Crippen LogP contribution in [0.3, 0.4) is 0 Å². The molecule has 0 aliphatic carbocycles. The monoisotopic (exact) mass is 279 g/mol. The normalized spacial score (nSPS) is 19.6. The summed E-state index contributed by atoms with van der Waals surface area (Å²) >= 11 is 0. The van der Waals surface area contributed by atoms with Crippen LogP contribution in [-0.2, 0) is 19.6 Å². The van der Waals surface area contributed by atoms with Crippen molar-refractivity contribution < 1.29 is 23.1 Å². The molecule has 0 spiro atoms. The van der Waals surface area contributed by atoms with Crippen LogP contribution in [0, 0.1) is 0 Å². The van der Waals surface area contributed by atoms with Gasteiger partial charge in [-0.3, -0.25) is 4.79 Å². The fourth-order valence-corrected chi connectivity index (χ4v) is 3.54. The van der Waals surface area contributed by atoms with Crippen molar-refractivity contribution in [2.75, 3.05) is 13.2 Å². The molecule has 1 aliphatic heterocycles. The van der Waals surface area contributed by atoms with Crippen molar-refractivity contribution in [3.63, 3.8) is 0 Å². The molecule has 0 bridgehead atoms. The summed E-state index contributed by atoms with van der Waals surface area (Å²) in [7, 11) is -3.57. The Kier molecular flexibility index (Phi) is 6.04. The van der Waals surface area contributed by atoms with Crippen molar-refractivity contribution in [1.82, 2.24) is 4.72 Å². The van der Waals surface area contributed by atoms with E-state index in [4.69, 9.17) is 9.84 Å². The fraction of sp³-hybridized carbons (Fsp3) is 0.909. The highest BCUT2D eigenvalue weighted by Crippen LogP contribution is 2.16. The second-order valence-corrected chi connectivity index (χ2v) is 6.50. The Morgan fingerprint density at radius 3 is 2.56 bits per heavy atom. The van der Waals surface area contributed by atoms with Crippen LogP contribution in [0.1, 0.15) is 39.0 Å². The zero-order valence-corrected chi connectivity index (χ0v) is 11.4. The maximum atomic E-state index is 12.0. The van der Waals surface area contributed by atoms with Gasteiger partial charge in [-0.1, -0.05) is 19.8 Å². The van der Waals surface area contributed by atoms with E-state index in [0.29, 0.717) is 38.9 Å². The number of aliphatic carboxylic acids is 1. The van der Waals surface area contributed by atoms with E-state index in [1.54, 1.807) is 0 Å². The summed E-state index contributed by atoms with van der Waals surface area (Å²) in [6, 6.07) is -1.02. The average Bonchev–Trinajstić information content (AvgIpc) is 2.35. The predicted octanol–water partition coefficient (Wildman–Crippen LogP) is 0.728. The van der Waals surface area contributed by atoms with E-state index in [-0.39, 0.29) is 0 Å². The van der Waals surface area contributed by atoms with Gasteiger partial charge in [-0.15, -0.1) is 0 Å². The molecule has 0 aromatic heterocycles. The zero-order valence-electron chi connectivity index (χ0n) is 10.6. The minimum Gasteiger partial charge on any atom is -0.480 e. The van der Waals surface area contributed by atoms with E-state index in [2.05, 4.69) is 4.72 Å². The molecule has 1 saturated heterocycles. The minimum atomic E-state index is -3.57. The second kappa shape index (κ2) is 7.06. The second-order valence-electron chi connectivity index (χ2n) is 4.51. The molecule has 106 valence electrons. The maximum Gasteiger partial charge on any atom is 0.321 e. The summed E-state index contributed by atoms with van der Waals surface area (Å²) in [5, 5.41) is 8.48. The molecule has 1 fully saturated rings. The molecule has 0 unspecified atom stereocenters. The van der Waals surface area contributed by atoms with Crippen molar-refractivity contribution in [3.8, 4) is 0 Å². The number of ether oxygens (including phenoxy) is 1. The van der Waals surface area contributed by atoms with Gasteiger partial charge in [-0.2, -0.15) is 0 Å². The van der Waals surface area contributed by atoms with Crippen LogP contribution < -0.4 is 4.72 Å². The standard InChI is InChI=1S/C11H21NO5S/c1-2-3-4-10(11(13)14)12-18(15,16)9-5-7-17-8-6-9/h9-10,12H,2-8H2,1H3,(H,13,14)/t10-/m0/s1. The first-order valence-electron chi connectivity index (χ1n) is 6.29. The molecular formula is C11H21NO5S. The summed E-state index contributed by atoms with van der Waals surface area (Å²) in [4.78, 5) is 11.0. The topological polar surface area (TPSA) is 92.7 Å². The Bertz CT molecular complexity index is 362. The molecule has 1 heterocycles. The molecule has 0 aromatic rings. The van der Waals surface area contributed by atoms with Crippen molar-refractivity contribution in [1.29, 1.82) is 0 Å². The Labute approximate surface area is 108 Å². The summed E-state index contributed by atoms with van der Waals surface area (Å²) in [6.45, 7) is 2.77. The Balaban J connectivity index is 2.62. The number of carboxylic acid groups (broad SMARTS) is 1. The molecule has 1 aliphatic rings. The highest BCUT2D eigenvalue weighted by atomic mass is 32.2. The third-order valence-electron chi connectivity index (χ3n) is 3.06. The van der Waals surface area contributed by atoms with E-state index in [1.165, 1.54) is 0 Å². The third-order valence-corrected chi connectivity index (χ3v) is 5.02. The van der Waals surface area contributed by atoms with Crippen LogP contribution in [0.2, 0.25) is 0 Å². The molecule has 7 heteroatoms. The molecule has 18 heavy (non-hydrogen) atoms. The lowest BCUT2D eigenvalue weighted by Crippen LogP contribution is -2.46. The highest BCUT2D eigenvalue weighted by Gasteiger charge is 2.31. The summed E-state index contributed by atoms with van der Waals surface area (Å²) in [5.74, 6) is -1.11. The predicted molar refractivity (Wildman–Crippen MR) is 66.8 cm³/mol. The lowest BCUT2D eigenvalue weighted by molar-refractivity contribution is -0.139. The Morgan fingerprint density at radius 2 is 2.06 bits per heavy atom. The number of hydrogen-bond donors (Lipinski definition) is 2. The van der Waals surface area contributed by atoms with Crippen molar-refractivity contribution >= 4 is 16.0 Å². The summed E-state index contributed by atoms with van der Waals surface area (Å²) in [6.07, 6.45) is 2.70. The summed E-state index contributed by atoms with van der Waals surface area (Å²) < 4.78 is 31.5. The van der Waals surface area contributed by atoms with Crippen molar-refractivity contribution in [2.45, 2.75) is 50.3 Å². The maximum absolute atomic E-state index is 12.0. The van der Waals surface area contributed by atoms with Crippen LogP contribution in [0.4, 0.5) is 0 Å². The number of sulfonamides is 1. The van der Waals surface area contributed by atoms with E-state index >= 15 is 0 Å². The highest BCUT2D eigenvalue weighted by molar-refractivity contribution is 7.90. The van der Waals surface area contributed by atoms with Crippen LogP contribution in [0.5, 0.6) is 0 Å². The molecule has 1 rings (SSSR count). The smallest absolute Gasteiger partial charge is 0.321 e. The molecule has 0 amide bonds. The molecule has 6 nitrogen and oxygen atoms in total. The number of nitrogens with one attached hydrogen (secondary N) is 1. The van der Waals surface area contributed by atoms with Crippen LogP contribution in [0.15, 0.2) is 0 Å². The largest absolute Gasteiger partial charge is 0.480 e. The number of hydrogen-bond acceptors (Lipinski definition) is 4. The number of unbranched alkanes of at least 4 members (excludes halogenated alkanes) is 1. The Hall–Kier alpha value is -0.660. The van der Waals surface area contributed by atoms with Gasteiger partial charge in [-0.25, -0.2) is 13.1 Å². The van der Waals surface area contributed by atoms with Crippen LogP contribution in [-0.4, -0.2) is 44.0 Å². The van der Waals surface area contributed by atoms with Gasteiger partial charge >= 0.3 is 5.97 Å². The van der Waals surface area contributed by atoms with Gasteiger partial charge in [0.2, 0.25) is 10.0 Å². The number of carboxylic acids is 1. The third kappa shape index (κ3) is 4.55. The zero-order chi connectivity index (χ0) is 13.6. The van der Waals surface area contributed by atoms with Gasteiger partial charge in [0.05, 0.1) is 5.25 Å². The van der Waals surface area contributed by atoms with Gasteiger partial charge in [0.1, 0.15) is 6.04 Å². The summed E-state index contributed by atoms with van der Waals surface area (Å²) in [5.41, 5.74) is 0. The van der Waals surface area contributed by atoms with Crippen LogP contribution >= 0.6 is 0 Å². The molecular weight excluding hydrogens is 258 g/mol. The van der Waals surface area contributed by atoms with Gasteiger partial charge in [0.15, 0.2) is 0 Å². The first kappa shape index (κ1) is 15.4. The first-order chi connectivity index (χ1) is 8.47. The molecule has 0 aromatic carbocycles. The van der Waals surface area contributed by atoms with Gasteiger partial charge in [0.25, 0.3) is 0 Å². The van der Waals surface area contributed by atoms with E-state index in [1.807, 2.05) is 6.92 Å². The van der Waals surface area contributed by atoms with Crippen molar-refractivity contribution in [3.05, 3.63) is 0 Å². The fourth-order valence-electron chi connectivity index (χ4n) is 1.92. The number of carbonyl (C=O) groups is 1. The molecule has 2 N–H and O–H groups in total. The number of rotatable bonds is 7. The lowest BCUT2D eigenvalue weighted by Gasteiger charge is -2.24.